The maximum Gasteiger partial charge on any atom is 0.363 e. The summed E-state index contributed by atoms with van der Waals surface area (Å²) in [5.41, 5.74) is 4.01. The van der Waals surface area contributed by atoms with Crippen molar-refractivity contribution in [2.24, 2.45) is 4.99 Å². The number of hydrogen-bond donors (Lipinski definition) is 0. The Kier molecular flexibility index (Phi) is 6.74. The van der Waals surface area contributed by atoms with Gasteiger partial charge in [-0.2, -0.15) is 0 Å². The second kappa shape index (κ2) is 10.0. The van der Waals surface area contributed by atoms with E-state index in [9.17, 15) is 4.79 Å². The van der Waals surface area contributed by atoms with Gasteiger partial charge < -0.3 is 18.9 Å². The summed E-state index contributed by atoms with van der Waals surface area (Å²) in [6.07, 6.45) is 1.66. The Morgan fingerprint density at radius 3 is 2.33 bits per heavy atom. The lowest BCUT2D eigenvalue weighted by Crippen LogP contribution is -2.10. The third-order valence-electron chi connectivity index (χ3n) is 5.06. The third-order valence-corrected chi connectivity index (χ3v) is 5.06. The zero-order valence-corrected chi connectivity index (χ0v) is 18.8. The number of esters is 1. The summed E-state index contributed by atoms with van der Waals surface area (Å²) in [5.74, 6) is 1.79. The molecule has 1 aliphatic heterocycles. The number of ether oxygens (including phenoxy) is 4. The molecule has 1 aliphatic rings. The monoisotopic (exact) mass is 443 g/mol. The molecular weight excluding hydrogens is 418 g/mol. The van der Waals surface area contributed by atoms with Crippen molar-refractivity contribution in [1.29, 1.82) is 0 Å². The average Bonchev–Trinajstić information content (AvgIpc) is 3.19. The van der Waals surface area contributed by atoms with Crippen molar-refractivity contribution in [2.45, 2.75) is 13.8 Å². The number of nitrogens with zero attached hydrogens (tertiary/aromatic N) is 1. The summed E-state index contributed by atoms with van der Waals surface area (Å²) in [4.78, 5) is 16.6. The summed E-state index contributed by atoms with van der Waals surface area (Å²) in [6, 6.07) is 20.8. The summed E-state index contributed by atoms with van der Waals surface area (Å²) in [7, 11) is 1.57. The van der Waals surface area contributed by atoms with Crippen molar-refractivity contribution < 1.29 is 23.7 Å². The van der Waals surface area contributed by atoms with Crippen molar-refractivity contribution in [2.75, 3.05) is 20.3 Å². The van der Waals surface area contributed by atoms with Gasteiger partial charge in [-0.15, -0.1) is 0 Å². The molecule has 0 saturated carbocycles. The first-order chi connectivity index (χ1) is 16.0. The summed E-state index contributed by atoms with van der Waals surface area (Å²) < 4.78 is 22.4. The van der Waals surface area contributed by atoms with Gasteiger partial charge in [0.25, 0.3) is 0 Å². The molecule has 33 heavy (non-hydrogen) atoms. The van der Waals surface area contributed by atoms with Crippen molar-refractivity contribution in [1.82, 2.24) is 0 Å². The van der Waals surface area contributed by atoms with Crippen LogP contribution in [0.3, 0.4) is 0 Å². The first-order valence-electron chi connectivity index (χ1n) is 10.6. The SMILES string of the molecule is COc1cc(/C=C2\N=C(c3ccccc3)OC2=O)ccc1OCCOc1ccc(C)cc1C. The molecule has 0 fully saturated rings. The van der Waals surface area contributed by atoms with E-state index in [-0.39, 0.29) is 5.70 Å². The topological polar surface area (TPSA) is 66.4 Å². The van der Waals surface area contributed by atoms with Crippen molar-refractivity contribution in [3.8, 4) is 17.2 Å². The molecule has 3 aromatic rings. The van der Waals surface area contributed by atoms with Crippen LogP contribution in [0.25, 0.3) is 6.08 Å². The van der Waals surface area contributed by atoms with Crippen LogP contribution in [0.4, 0.5) is 0 Å². The lowest BCUT2D eigenvalue weighted by atomic mass is 10.1. The minimum Gasteiger partial charge on any atom is -0.493 e. The van der Waals surface area contributed by atoms with Gasteiger partial charge in [-0.25, -0.2) is 9.79 Å². The van der Waals surface area contributed by atoms with Crippen LogP contribution in [0.1, 0.15) is 22.3 Å². The van der Waals surface area contributed by atoms with Crippen molar-refractivity contribution in [3.63, 3.8) is 0 Å². The van der Waals surface area contributed by atoms with Gasteiger partial charge in [0.1, 0.15) is 19.0 Å². The van der Waals surface area contributed by atoms with E-state index in [4.69, 9.17) is 18.9 Å². The Labute approximate surface area is 193 Å². The normalized spacial score (nSPS) is 14.1. The van der Waals surface area contributed by atoms with Crippen LogP contribution in [-0.2, 0) is 9.53 Å². The molecule has 0 aliphatic carbocycles. The Hall–Kier alpha value is -4.06. The van der Waals surface area contributed by atoms with E-state index in [2.05, 4.69) is 18.0 Å². The molecule has 0 bridgehead atoms. The van der Waals surface area contributed by atoms with E-state index in [1.54, 1.807) is 25.3 Å². The maximum atomic E-state index is 12.2. The fourth-order valence-corrected chi connectivity index (χ4v) is 3.43. The standard InChI is InChI=1S/C27H25NO5/c1-18-9-11-23(19(2)15-18)31-13-14-32-24-12-10-20(17-25(24)30-3)16-22-27(29)33-26(28-22)21-7-5-4-6-8-21/h4-12,15-17H,13-14H2,1-3H3/b22-16-. The van der Waals surface area contributed by atoms with E-state index in [1.807, 2.05) is 55.5 Å². The maximum absolute atomic E-state index is 12.2. The minimum atomic E-state index is -0.489. The highest BCUT2D eigenvalue weighted by Crippen LogP contribution is 2.30. The molecule has 0 saturated heterocycles. The van der Waals surface area contributed by atoms with Gasteiger partial charge in [0.05, 0.1) is 7.11 Å². The lowest BCUT2D eigenvalue weighted by Gasteiger charge is -2.13. The summed E-state index contributed by atoms with van der Waals surface area (Å²) in [6.45, 7) is 4.84. The fraction of sp³-hybridized carbons (Fsp3) is 0.185. The zero-order chi connectivity index (χ0) is 23.2. The summed E-state index contributed by atoms with van der Waals surface area (Å²) in [5, 5.41) is 0. The number of methoxy groups -OCH3 is 1. The lowest BCUT2D eigenvalue weighted by molar-refractivity contribution is -0.129. The van der Waals surface area contributed by atoms with Crippen LogP contribution >= 0.6 is 0 Å². The van der Waals surface area contributed by atoms with Gasteiger partial charge in [-0.1, -0.05) is 42.0 Å². The fourth-order valence-electron chi connectivity index (χ4n) is 3.43. The molecule has 0 amide bonds. The second-order valence-electron chi connectivity index (χ2n) is 7.58. The van der Waals surface area contributed by atoms with E-state index in [1.165, 1.54) is 5.56 Å². The predicted octanol–water partition coefficient (Wildman–Crippen LogP) is 5.11. The molecular formula is C27H25NO5. The van der Waals surface area contributed by atoms with Gasteiger partial charge in [0.2, 0.25) is 5.90 Å². The number of aliphatic imine (C=N–C) groups is 1. The number of rotatable bonds is 8. The Morgan fingerprint density at radius 1 is 0.879 bits per heavy atom. The Morgan fingerprint density at radius 2 is 1.61 bits per heavy atom. The second-order valence-corrected chi connectivity index (χ2v) is 7.58. The van der Waals surface area contributed by atoms with Crippen LogP contribution in [0.15, 0.2) is 77.4 Å². The molecule has 3 aromatic carbocycles. The number of carbonyl (C=O) groups excluding carboxylic acids is 1. The predicted molar refractivity (Wildman–Crippen MR) is 127 cm³/mol. The van der Waals surface area contributed by atoms with Crippen LogP contribution in [0.2, 0.25) is 0 Å². The zero-order valence-electron chi connectivity index (χ0n) is 18.8. The van der Waals surface area contributed by atoms with E-state index in [0.29, 0.717) is 30.6 Å². The molecule has 168 valence electrons. The van der Waals surface area contributed by atoms with Gasteiger partial charge in [-0.3, -0.25) is 0 Å². The number of benzene rings is 3. The molecule has 4 rings (SSSR count). The third kappa shape index (κ3) is 5.41. The molecule has 0 spiro atoms. The van der Waals surface area contributed by atoms with Crippen LogP contribution in [0, 0.1) is 13.8 Å². The number of aryl methyl sites for hydroxylation is 2. The van der Waals surface area contributed by atoms with E-state index >= 15 is 0 Å². The highest BCUT2D eigenvalue weighted by molar-refractivity contribution is 6.12. The summed E-state index contributed by atoms with van der Waals surface area (Å²) >= 11 is 0. The van der Waals surface area contributed by atoms with Gasteiger partial charge in [0.15, 0.2) is 17.2 Å². The Balaban J connectivity index is 1.41. The van der Waals surface area contributed by atoms with Crippen LogP contribution < -0.4 is 14.2 Å². The molecule has 6 heteroatoms. The average molecular weight is 443 g/mol. The van der Waals surface area contributed by atoms with Gasteiger partial charge >= 0.3 is 5.97 Å². The number of hydrogen-bond acceptors (Lipinski definition) is 6. The van der Waals surface area contributed by atoms with Crippen molar-refractivity contribution >= 4 is 17.9 Å². The smallest absolute Gasteiger partial charge is 0.363 e. The molecule has 0 N–H and O–H groups in total. The first-order valence-corrected chi connectivity index (χ1v) is 10.6. The first kappa shape index (κ1) is 22.1. The number of carbonyl (C=O) groups is 1. The van der Waals surface area contributed by atoms with Crippen molar-refractivity contribution in [3.05, 3.63) is 94.7 Å². The van der Waals surface area contributed by atoms with Gasteiger partial charge in [-0.05, 0) is 61.4 Å². The molecule has 1 heterocycles. The minimum absolute atomic E-state index is 0.228. The molecule has 0 unspecified atom stereocenters. The quantitative estimate of drug-likeness (QED) is 0.275. The molecule has 0 radical (unpaired) electrons. The van der Waals surface area contributed by atoms with Crippen LogP contribution in [0.5, 0.6) is 17.2 Å². The van der Waals surface area contributed by atoms with Crippen LogP contribution in [-0.4, -0.2) is 32.2 Å². The Bertz CT molecular complexity index is 1210. The largest absolute Gasteiger partial charge is 0.493 e. The highest BCUT2D eigenvalue weighted by atomic mass is 16.6. The van der Waals surface area contributed by atoms with E-state index in [0.717, 1.165) is 22.4 Å². The highest BCUT2D eigenvalue weighted by Gasteiger charge is 2.24. The van der Waals surface area contributed by atoms with Gasteiger partial charge in [0, 0.05) is 5.56 Å². The number of cyclic esters (lactones) is 1. The molecule has 0 aromatic heterocycles. The van der Waals surface area contributed by atoms with E-state index < -0.39 is 5.97 Å². The molecule has 0 atom stereocenters. The molecule has 6 nitrogen and oxygen atoms in total.